The molecule has 7 nitrogen and oxygen atoms in total. The number of amides is 1. The number of hydrogen-bond acceptors (Lipinski definition) is 5. The van der Waals surface area contributed by atoms with E-state index < -0.39 is 5.54 Å². The SMILES string of the molecule is Cc1nc(C2(NC(=O)c3cn(C)nc3C(C)(C)C)CCCC2)no1. The molecule has 1 amide bonds. The summed E-state index contributed by atoms with van der Waals surface area (Å²) in [4.78, 5) is 17.4. The monoisotopic (exact) mass is 331 g/mol. The number of rotatable bonds is 3. The highest BCUT2D eigenvalue weighted by Crippen LogP contribution is 2.38. The zero-order valence-electron chi connectivity index (χ0n) is 15.0. The van der Waals surface area contributed by atoms with E-state index in [0.717, 1.165) is 31.4 Å². The fraction of sp³-hybridized carbons (Fsp3) is 0.647. The van der Waals surface area contributed by atoms with Crippen molar-refractivity contribution >= 4 is 5.91 Å². The van der Waals surface area contributed by atoms with E-state index in [9.17, 15) is 4.79 Å². The molecule has 1 aliphatic rings. The van der Waals surface area contributed by atoms with Crippen LogP contribution in [0.25, 0.3) is 0 Å². The van der Waals surface area contributed by atoms with Gasteiger partial charge in [0.1, 0.15) is 5.54 Å². The molecule has 2 aromatic heterocycles. The van der Waals surface area contributed by atoms with Gasteiger partial charge in [-0.3, -0.25) is 9.48 Å². The lowest BCUT2D eigenvalue weighted by molar-refractivity contribution is 0.0889. The average molecular weight is 331 g/mol. The molecule has 24 heavy (non-hydrogen) atoms. The van der Waals surface area contributed by atoms with E-state index in [1.54, 1.807) is 17.8 Å². The lowest BCUT2D eigenvalue weighted by atomic mass is 9.88. The van der Waals surface area contributed by atoms with E-state index in [1.165, 1.54) is 0 Å². The Labute approximate surface area is 141 Å². The van der Waals surface area contributed by atoms with E-state index in [1.807, 2.05) is 7.05 Å². The van der Waals surface area contributed by atoms with Crippen LogP contribution < -0.4 is 5.32 Å². The van der Waals surface area contributed by atoms with Gasteiger partial charge in [0.25, 0.3) is 5.91 Å². The molecule has 0 unspecified atom stereocenters. The molecule has 0 radical (unpaired) electrons. The molecule has 7 heteroatoms. The lowest BCUT2D eigenvalue weighted by Crippen LogP contribution is -2.45. The number of carbonyl (C=O) groups excluding carboxylic acids is 1. The Morgan fingerprint density at radius 3 is 2.54 bits per heavy atom. The van der Waals surface area contributed by atoms with Crippen molar-refractivity contribution in [3.63, 3.8) is 0 Å². The molecule has 1 saturated carbocycles. The molecule has 0 atom stereocenters. The molecule has 0 bridgehead atoms. The third-order valence-corrected chi connectivity index (χ3v) is 4.55. The molecule has 0 aliphatic heterocycles. The van der Waals surface area contributed by atoms with Gasteiger partial charge in [0.15, 0.2) is 5.82 Å². The summed E-state index contributed by atoms with van der Waals surface area (Å²) in [6.45, 7) is 7.93. The molecule has 0 spiro atoms. The summed E-state index contributed by atoms with van der Waals surface area (Å²) in [5, 5.41) is 11.7. The topological polar surface area (TPSA) is 85.8 Å². The summed E-state index contributed by atoms with van der Waals surface area (Å²) < 4.78 is 6.83. The van der Waals surface area contributed by atoms with Gasteiger partial charge in [0.2, 0.25) is 5.89 Å². The zero-order valence-corrected chi connectivity index (χ0v) is 15.0. The van der Waals surface area contributed by atoms with E-state index in [-0.39, 0.29) is 11.3 Å². The number of nitrogens with one attached hydrogen (secondary N) is 1. The summed E-state index contributed by atoms with van der Waals surface area (Å²) in [5.74, 6) is 0.965. The van der Waals surface area contributed by atoms with Crippen molar-refractivity contribution in [1.29, 1.82) is 0 Å². The number of aromatic nitrogens is 4. The maximum atomic E-state index is 13.0. The van der Waals surface area contributed by atoms with Crippen molar-refractivity contribution in [3.8, 4) is 0 Å². The number of aryl methyl sites for hydroxylation is 2. The second-order valence-corrected chi connectivity index (χ2v) is 7.70. The Morgan fingerprint density at radius 2 is 2.00 bits per heavy atom. The van der Waals surface area contributed by atoms with Gasteiger partial charge < -0.3 is 9.84 Å². The first-order valence-electron chi connectivity index (χ1n) is 8.39. The van der Waals surface area contributed by atoms with Crippen LogP contribution in [0.4, 0.5) is 0 Å². The molecule has 1 N–H and O–H groups in total. The smallest absolute Gasteiger partial charge is 0.255 e. The van der Waals surface area contributed by atoms with Gasteiger partial charge in [-0.25, -0.2) is 0 Å². The zero-order chi connectivity index (χ0) is 17.5. The summed E-state index contributed by atoms with van der Waals surface area (Å²) in [6.07, 6.45) is 5.49. The Bertz CT molecular complexity index is 747. The number of carbonyl (C=O) groups is 1. The van der Waals surface area contributed by atoms with Crippen LogP contribution >= 0.6 is 0 Å². The van der Waals surface area contributed by atoms with Crippen molar-refractivity contribution in [2.24, 2.45) is 7.05 Å². The first kappa shape index (κ1) is 16.7. The minimum Gasteiger partial charge on any atom is -0.340 e. The van der Waals surface area contributed by atoms with E-state index in [0.29, 0.717) is 17.3 Å². The predicted octanol–water partition coefficient (Wildman–Crippen LogP) is 2.61. The first-order valence-corrected chi connectivity index (χ1v) is 8.39. The molecule has 1 fully saturated rings. The van der Waals surface area contributed by atoms with Gasteiger partial charge in [-0.15, -0.1) is 0 Å². The highest BCUT2D eigenvalue weighted by atomic mass is 16.5. The van der Waals surface area contributed by atoms with Gasteiger partial charge in [0, 0.05) is 25.6 Å². The lowest BCUT2D eigenvalue weighted by Gasteiger charge is -2.27. The Balaban J connectivity index is 1.93. The van der Waals surface area contributed by atoms with Gasteiger partial charge in [-0.2, -0.15) is 10.1 Å². The summed E-state index contributed by atoms with van der Waals surface area (Å²) >= 11 is 0. The van der Waals surface area contributed by atoms with Gasteiger partial charge in [-0.05, 0) is 12.8 Å². The molecule has 1 aliphatic carbocycles. The third-order valence-electron chi connectivity index (χ3n) is 4.55. The molecular formula is C17H25N5O2. The maximum Gasteiger partial charge on any atom is 0.255 e. The molecule has 3 rings (SSSR count). The van der Waals surface area contributed by atoms with Crippen LogP contribution in [0.1, 0.15) is 74.2 Å². The fourth-order valence-electron chi connectivity index (χ4n) is 3.37. The van der Waals surface area contributed by atoms with Gasteiger partial charge in [0.05, 0.1) is 11.3 Å². The predicted molar refractivity (Wildman–Crippen MR) is 88.6 cm³/mol. The Kier molecular flexibility index (Phi) is 3.97. The normalized spacial score (nSPS) is 17.2. The van der Waals surface area contributed by atoms with Gasteiger partial charge >= 0.3 is 0 Å². The number of hydrogen-bond donors (Lipinski definition) is 1. The molecule has 2 aromatic rings. The molecular weight excluding hydrogens is 306 g/mol. The Hall–Kier alpha value is -2.18. The standard InChI is InChI=1S/C17H25N5O2/c1-11-18-15(21-24-11)17(8-6-7-9-17)19-14(23)12-10-22(5)20-13(12)16(2,3)4/h10H,6-9H2,1-5H3,(H,19,23). The first-order chi connectivity index (χ1) is 11.2. The van der Waals surface area contributed by atoms with Crippen molar-refractivity contribution in [2.45, 2.75) is 64.3 Å². The largest absolute Gasteiger partial charge is 0.340 e. The van der Waals surface area contributed by atoms with E-state index in [2.05, 4.69) is 41.3 Å². The highest BCUT2D eigenvalue weighted by Gasteiger charge is 2.42. The molecule has 130 valence electrons. The highest BCUT2D eigenvalue weighted by molar-refractivity contribution is 5.96. The van der Waals surface area contributed by atoms with Crippen molar-refractivity contribution in [1.82, 2.24) is 25.2 Å². The molecule has 0 saturated heterocycles. The van der Waals surface area contributed by atoms with Crippen LogP contribution in [0.3, 0.4) is 0 Å². The van der Waals surface area contributed by atoms with Crippen molar-refractivity contribution in [3.05, 3.63) is 29.2 Å². The summed E-state index contributed by atoms with van der Waals surface area (Å²) in [5.41, 5.74) is 0.649. The second-order valence-electron chi connectivity index (χ2n) is 7.70. The van der Waals surface area contributed by atoms with Crippen molar-refractivity contribution < 1.29 is 9.32 Å². The summed E-state index contributed by atoms with van der Waals surface area (Å²) in [7, 11) is 1.83. The van der Waals surface area contributed by atoms with Crippen molar-refractivity contribution in [2.75, 3.05) is 0 Å². The van der Waals surface area contributed by atoms with E-state index in [4.69, 9.17) is 4.52 Å². The van der Waals surface area contributed by atoms with E-state index >= 15 is 0 Å². The maximum absolute atomic E-state index is 13.0. The number of nitrogens with zero attached hydrogens (tertiary/aromatic N) is 4. The third kappa shape index (κ3) is 2.95. The van der Waals surface area contributed by atoms with Crippen LogP contribution in [0.2, 0.25) is 0 Å². The van der Waals surface area contributed by atoms with Gasteiger partial charge in [-0.1, -0.05) is 38.8 Å². The van der Waals surface area contributed by atoms with Crippen LogP contribution in [-0.4, -0.2) is 25.8 Å². The van der Waals surface area contributed by atoms with Crippen LogP contribution in [0, 0.1) is 6.92 Å². The molecule has 0 aromatic carbocycles. The average Bonchev–Trinajstić information content (AvgIpc) is 3.18. The molecule has 2 heterocycles. The Morgan fingerprint density at radius 1 is 1.33 bits per heavy atom. The van der Waals surface area contributed by atoms with Crippen LogP contribution in [-0.2, 0) is 18.0 Å². The van der Waals surface area contributed by atoms with Crippen LogP contribution in [0.5, 0.6) is 0 Å². The minimum atomic E-state index is -0.542. The minimum absolute atomic E-state index is 0.127. The second kappa shape index (κ2) is 5.72. The summed E-state index contributed by atoms with van der Waals surface area (Å²) in [6, 6.07) is 0. The quantitative estimate of drug-likeness (QED) is 0.934. The fourth-order valence-corrected chi connectivity index (χ4v) is 3.37. The van der Waals surface area contributed by atoms with Crippen LogP contribution in [0.15, 0.2) is 10.7 Å².